The average Bonchev–Trinajstić information content (AvgIpc) is 3.33. The highest BCUT2D eigenvalue weighted by molar-refractivity contribution is 5.80. The van der Waals surface area contributed by atoms with Crippen LogP contribution in [0.4, 0.5) is 0 Å². The zero-order valence-corrected chi connectivity index (χ0v) is 15.9. The Hall–Kier alpha value is -1.64. The summed E-state index contributed by atoms with van der Waals surface area (Å²) in [6.45, 7) is 5.48. The van der Waals surface area contributed by atoms with Gasteiger partial charge in [0, 0.05) is 52.2 Å². The molecule has 1 aromatic rings. The number of aliphatic imine (C=N–C) groups is 1. The summed E-state index contributed by atoms with van der Waals surface area (Å²) >= 11 is 0. The van der Waals surface area contributed by atoms with Crippen molar-refractivity contribution < 1.29 is 14.2 Å². The average molecular weight is 365 g/mol. The Morgan fingerprint density at radius 2 is 2.35 bits per heavy atom. The van der Waals surface area contributed by atoms with E-state index in [1.54, 1.807) is 4.68 Å². The summed E-state index contributed by atoms with van der Waals surface area (Å²) in [5.74, 6) is 0.918. The number of ether oxygens (including phenoxy) is 3. The quantitative estimate of drug-likeness (QED) is 0.441. The maximum atomic E-state index is 5.90. The fraction of sp³-hybridized carbons (Fsp3) is 0.778. The van der Waals surface area contributed by atoms with Gasteiger partial charge in [-0.1, -0.05) is 0 Å². The molecule has 0 radical (unpaired) electrons. The largest absolute Gasteiger partial charge is 0.379 e. The van der Waals surface area contributed by atoms with E-state index in [1.165, 1.54) is 0 Å². The summed E-state index contributed by atoms with van der Waals surface area (Å²) in [6.07, 6.45) is 7.44. The highest BCUT2D eigenvalue weighted by atomic mass is 16.5. The number of morpholine rings is 1. The van der Waals surface area contributed by atoms with Crippen LogP contribution in [0.25, 0.3) is 0 Å². The van der Waals surface area contributed by atoms with Gasteiger partial charge in [0.1, 0.15) is 6.10 Å². The first kappa shape index (κ1) is 19.1. The van der Waals surface area contributed by atoms with Crippen molar-refractivity contribution in [1.82, 2.24) is 20.0 Å². The molecule has 3 rings (SSSR count). The van der Waals surface area contributed by atoms with Crippen molar-refractivity contribution >= 4 is 5.96 Å². The van der Waals surface area contributed by atoms with Crippen molar-refractivity contribution in [3.63, 3.8) is 0 Å². The summed E-state index contributed by atoms with van der Waals surface area (Å²) < 4.78 is 19.0. The number of nitrogens with zero attached hydrogens (tertiary/aromatic N) is 4. The Kier molecular flexibility index (Phi) is 7.28. The van der Waals surface area contributed by atoms with E-state index < -0.39 is 0 Å². The molecule has 1 N–H and O–H groups in total. The number of guanidine groups is 1. The van der Waals surface area contributed by atoms with E-state index in [-0.39, 0.29) is 6.10 Å². The van der Waals surface area contributed by atoms with Gasteiger partial charge in [-0.2, -0.15) is 5.10 Å². The van der Waals surface area contributed by atoms with Gasteiger partial charge in [-0.15, -0.1) is 0 Å². The van der Waals surface area contributed by atoms with Gasteiger partial charge in [-0.3, -0.25) is 9.67 Å². The van der Waals surface area contributed by atoms with Gasteiger partial charge in [-0.05, 0) is 19.3 Å². The van der Waals surface area contributed by atoms with Crippen LogP contribution in [0.2, 0.25) is 0 Å². The number of rotatable bonds is 7. The maximum absolute atomic E-state index is 5.90. The van der Waals surface area contributed by atoms with Crippen molar-refractivity contribution in [2.24, 2.45) is 12.0 Å². The lowest BCUT2D eigenvalue weighted by Crippen LogP contribution is -2.48. The number of aromatic nitrogens is 2. The van der Waals surface area contributed by atoms with Crippen molar-refractivity contribution in [2.75, 3.05) is 53.1 Å². The van der Waals surface area contributed by atoms with Crippen LogP contribution in [0.5, 0.6) is 0 Å². The first-order chi connectivity index (χ1) is 12.8. The Morgan fingerprint density at radius 3 is 3.08 bits per heavy atom. The highest BCUT2D eigenvalue weighted by Gasteiger charge is 2.25. The van der Waals surface area contributed by atoms with Crippen LogP contribution in [0.3, 0.4) is 0 Å². The topological polar surface area (TPSA) is 73.1 Å². The summed E-state index contributed by atoms with van der Waals surface area (Å²) in [6, 6.07) is 0. The van der Waals surface area contributed by atoms with E-state index in [9.17, 15) is 0 Å². The van der Waals surface area contributed by atoms with Gasteiger partial charge in [0.25, 0.3) is 0 Å². The summed E-state index contributed by atoms with van der Waals surface area (Å²) in [5, 5.41) is 7.67. The first-order valence-corrected chi connectivity index (χ1v) is 9.51. The number of aryl methyl sites for hydroxylation is 1. The van der Waals surface area contributed by atoms with Crippen LogP contribution in [-0.4, -0.2) is 79.9 Å². The molecule has 0 aliphatic carbocycles. The molecule has 2 aliphatic rings. The third-order valence-corrected chi connectivity index (χ3v) is 4.75. The second kappa shape index (κ2) is 9.89. The Labute approximate surface area is 155 Å². The molecule has 2 atom stereocenters. The van der Waals surface area contributed by atoms with Gasteiger partial charge in [0.2, 0.25) is 0 Å². The Balaban J connectivity index is 1.36. The molecule has 0 aromatic carbocycles. The van der Waals surface area contributed by atoms with Gasteiger partial charge in [-0.25, -0.2) is 0 Å². The zero-order chi connectivity index (χ0) is 18.2. The molecule has 1 aromatic heterocycles. The minimum Gasteiger partial charge on any atom is -0.379 e. The van der Waals surface area contributed by atoms with E-state index in [4.69, 9.17) is 14.2 Å². The van der Waals surface area contributed by atoms with Crippen LogP contribution in [0.1, 0.15) is 30.9 Å². The van der Waals surface area contributed by atoms with E-state index in [1.807, 2.05) is 26.5 Å². The predicted molar refractivity (Wildman–Crippen MR) is 99.2 cm³/mol. The van der Waals surface area contributed by atoms with Crippen LogP contribution >= 0.6 is 0 Å². The third-order valence-electron chi connectivity index (χ3n) is 4.75. The molecule has 26 heavy (non-hydrogen) atoms. The molecular weight excluding hydrogens is 334 g/mol. The van der Waals surface area contributed by atoms with Crippen LogP contribution in [-0.2, 0) is 21.3 Å². The lowest BCUT2D eigenvalue weighted by atomic mass is 10.1. The number of hydrogen-bond acceptors (Lipinski definition) is 5. The third kappa shape index (κ3) is 5.43. The fourth-order valence-corrected chi connectivity index (χ4v) is 3.35. The van der Waals surface area contributed by atoms with Crippen LogP contribution < -0.4 is 5.32 Å². The smallest absolute Gasteiger partial charge is 0.193 e. The minimum atomic E-state index is 0.0331. The molecule has 2 fully saturated rings. The molecule has 8 heteroatoms. The van der Waals surface area contributed by atoms with E-state index in [0.29, 0.717) is 19.3 Å². The van der Waals surface area contributed by atoms with E-state index in [0.717, 1.165) is 63.6 Å². The van der Waals surface area contributed by atoms with Crippen LogP contribution in [0.15, 0.2) is 17.4 Å². The van der Waals surface area contributed by atoms with Crippen LogP contribution in [0, 0.1) is 0 Å². The number of nitrogens with one attached hydrogen (secondary N) is 1. The van der Waals surface area contributed by atoms with Gasteiger partial charge in [0.05, 0.1) is 32.1 Å². The molecule has 8 nitrogen and oxygen atoms in total. The Bertz CT molecular complexity index is 571. The molecule has 3 heterocycles. The molecule has 0 bridgehead atoms. The molecular formula is C18H31N5O3. The second-order valence-corrected chi connectivity index (χ2v) is 6.79. The van der Waals surface area contributed by atoms with Gasteiger partial charge in [0.15, 0.2) is 5.96 Å². The maximum Gasteiger partial charge on any atom is 0.193 e. The lowest BCUT2D eigenvalue weighted by Gasteiger charge is -2.34. The molecule has 2 saturated heterocycles. The van der Waals surface area contributed by atoms with E-state index in [2.05, 4.69) is 20.3 Å². The summed E-state index contributed by atoms with van der Waals surface area (Å²) in [5.41, 5.74) is 1.11. The van der Waals surface area contributed by atoms with Gasteiger partial charge < -0.3 is 24.4 Å². The predicted octanol–water partition coefficient (Wildman–Crippen LogP) is 0.955. The van der Waals surface area contributed by atoms with Gasteiger partial charge >= 0.3 is 0 Å². The van der Waals surface area contributed by atoms with Crippen molar-refractivity contribution in [2.45, 2.75) is 31.5 Å². The highest BCUT2D eigenvalue weighted by Crippen LogP contribution is 2.21. The van der Waals surface area contributed by atoms with Crippen molar-refractivity contribution in [1.29, 1.82) is 0 Å². The number of hydrogen-bond donors (Lipinski definition) is 1. The standard InChI is InChI=1S/C18H31N5O3/c1-19-18(20-6-4-8-24-14-16-5-3-9-25-16)23-7-10-26-17(13-23)15-11-21-22(2)12-15/h11-12,16-17H,3-10,13-14H2,1-2H3,(H,19,20). The monoisotopic (exact) mass is 365 g/mol. The molecule has 0 spiro atoms. The fourth-order valence-electron chi connectivity index (χ4n) is 3.35. The SMILES string of the molecule is CN=C(NCCCOCC1CCCO1)N1CCOC(c2cnn(C)c2)C1. The lowest BCUT2D eigenvalue weighted by molar-refractivity contribution is -0.00813. The molecule has 2 unspecified atom stereocenters. The zero-order valence-electron chi connectivity index (χ0n) is 15.9. The normalized spacial score (nSPS) is 24.2. The minimum absolute atomic E-state index is 0.0331. The summed E-state index contributed by atoms with van der Waals surface area (Å²) in [4.78, 5) is 6.66. The molecule has 0 amide bonds. The molecule has 2 aliphatic heterocycles. The second-order valence-electron chi connectivity index (χ2n) is 6.79. The molecule has 0 saturated carbocycles. The van der Waals surface area contributed by atoms with E-state index >= 15 is 0 Å². The van der Waals surface area contributed by atoms with Crippen molar-refractivity contribution in [3.8, 4) is 0 Å². The molecule has 146 valence electrons. The van der Waals surface area contributed by atoms with Crippen molar-refractivity contribution in [3.05, 3.63) is 18.0 Å². The first-order valence-electron chi connectivity index (χ1n) is 9.51. The Morgan fingerprint density at radius 1 is 1.42 bits per heavy atom. The summed E-state index contributed by atoms with van der Waals surface area (Å²) in [7, 11) is 3.75.